The van der Waals surface area contributed by atoms with Crippen molar-refractivity contribution in [3.05, 3.63) is 53.1 Å². The van der Waals surface area contributed by atoms with E-state index in [1.807, 2.05) is 19.1 Å². The zero-order valence-electron chi connectivity index (χ0n) is 10.7. The molecule has 0 aromatic heterocycles. The minimum absolute atomic E-state index is 0.834. The Kier molecular flexibility index (Phi) is 2.71. The van der Waals surface area contributed by atoms with Crippen LogP contribution in [0.5, 0.6) is 0 Å². The van der Waals surface area contributed by atoms with Crippen molar-refractivity contribution in [3.8, 4) is 0 Å². The first-order chi connectivity index (χ1) is 8.72. The zero-order chi connectivity index (χ0) is 12.5. The third kappa shape index (κ3) is 2.06. The average molecular weight is 238 g/mol. The lowest BCUT2D eigenvalue weighted by atomic mass is 10.1. The van der Waals surface area contributed by atoms with E-state index < -0.39 is 0 Å². The van der Waals surface area contributed by atoms with Crippen LogP contribution in [0.4, 0.5) is 17.1 Å². The predicted octanol–water partition coefficient (Wildman–Crippen LogP) is 3.81. The Morgan fingerprint density at radius 3 is 2.50 bits per heavy atom. The summed E-state index contributed by atoms with van der Waals surface area (Å²) in [5.74, 6) is 0. The van der Waals surface area contributed by atoms with Gasteiger partial charge in [0.25, 0.3) is 0 Å². The number of anilines is 3. The molecule has 0 atom stereocenters. The summed E-state index contributed by atoms with van der Waals surface area (Å²) in [6, 6.07) is 12.8. The lowest BCUT2D eigenvalue weighted by molar-refractivity contribution is 0.912. The van der Waals surface area contributed by atoms with Crippen LogP contribution < -0.4 is 11.1 Å². The molecule has 0 bridgehead atoms. The number of nitrogen functional groups attached to an aromatic ring is 1. The maximum atomic E-state index is 5.92. The summed E-state index contributed by atoms with van der Waals surface area (Å²) in [7, 11) is 0. The lowest BCUT2D eigenvalue weighted by Crippen LogP contribution is -1.95. The molecule has 0 spiro atoms. The Hall–Kier alpha value is -1.96. The van der Waals surface area contributed by atoms with Gasteiger partial charge in [0.05, 0.1) is 0 Å². The van der Waals surface area contributed by atoms with Gasteiger partial charge in [-0.25, -0.2) is 0 Å². The Morgan fingerprint density at radius 1 is 0.944 bits per heavy atom. The van der Waals surface area contributed by atoms with Gasteiger partial charge in [-0.1, -0.05) is 12.1 Å². The maximum absolute atomic E-state index is 5.92. The van der Waals surface area contributed by atoms with Crippen LogP contribution >= 0.6 is 0 Å². The topological polar surface area (TPSA) is 38.0 Å². The fourth-order valence-electron chi connectivity index (χ4n) is 2.53. The minimum atomic E-state index is 0.834. The van der Waals surface area contributed by atoms with E-state index in [0.29, 0.717) is 0 Å². The van der Waals surface area contributed by atoms with Gasteiger partial charge in [-0.2, -0.15) is 0 Å². The van der Waals surface area contributed by atoms with Gasteiger partial charge in [0, 0.05) is 17.1 Å². The van der Waals surface area contributed by atoms with Gasteiger partial charge in [-0.15, -0.1) is 0 Å². The molecule has 0 saturated heterocycles. The third-order valence-corrected chi connectivity index (χ3v) is 3.67. The van der Waals surface area contributed by atoms with E-state index in [1.54, 1.807) is 0 Å². The van der Waals surface area contributed by atoms with E-state index in [4.69, 9.17) is 5.73 Å². The average Bonchev–Trinajstić information content (AvgIpc) is 2.81. The molecule has 2 aromatic carbocycles. The quantitative estimate of drug-likeness (QED) is 0.781. The molecule has 2 heteroatoms. The van der Waals surface area contributed by atoms with E-state index >= 15 is 0 Å². The Labute approximate surface area is 108 Å². The number of rotatable bonds is 2. The number of nitrogens with one attached hydrogen (secondary N) is 1. The van der Waals surface area contributed by atoms with Crippen molar-refractivity contribution in [2.24, 2.45) is 0 Å². The summed E-state index contributed by atoms with van der Waals surface area (Å²) < 4.78 is 0. The third-order valence-electron chi connectivity index (χ3n) is 3.67. The summed E-state index contributed by atoms with van der Waals surface area (Å²) in [6.45, 7) is 2.02. The minimum Gasteiger partial charge on any atom is -0.398 e. The van der Waals surface area contributed by atoms with E-state index in [0.717, 1.165) is 22.6 Å². The van der Waals surface area contributed by atoms with Crippen molar-refractivity contribution in [2.45, 2.75) is 26.2 Å². The lowest BCUT2D eigenvalue weighted by Gasteiger charge is -2.10. The molecule has 0 saturated carbocycles. The number of benzene rings is 2. The van der Waals surface area contributed by atoms with Crippen LogP contribution in [0.2, 0.25) is 0 Å². The number of hydrogen-bond donors (Lipinski definition) is 2. The molecule has 0 radical (unpaired) electrons. The summed E-state index contributed by atoms with van der Waals surface area (Å²) in [5.41, 5.74) is 13.1. The molecule has 0 unspecified atom stereocenters. The zero-order valence-corrected chi connectivity index (χ0v) is 10.7. The van der Waals surface area contributed by atoms with E-state index in [9.17, 15) is 0 Å². The maximum Gasteiger partial charge on any atom is 0.0405 e. The molecule has 1 aliphatic rings. The van der Waals surface area contributed by atoms with Gasteiger partial charge in [-0.3, -0.25) is 0 Å². The summed E-state index contributed by atoms with van der Waals surface area (Å²) >= 11 is 0. The Balaban J connectivity index is 1.85. The predicted molar refractivity (Wildman–Crippen MR) is 77.3 cm³/mol. The summed E-state index contributed by atoms with van der Waals surface area (Å²) in [6.07, 6.45) is 3.73. The molecule has 2 aromatic rings. The largest absolute Gasteiger partial charge is 0.398 e. The van der Waals surface area contributed by atoms with E-state index in [-0.39, 0.29) is 0 Å². The molecule has 0 amide bonds. The highest BCUT2D eigenvalue weighted by Crippen LogP contribution is 2.27. The highest BCUT2D eigenvalue weighted by Gasteiger charge is 2.10. The second kappa shape index (κ2) is 4.37. The molecule has 1 aliphatic carbocycles. The van der Waals surface area contributed by atoms with Crippen molar-refractivity contribution >= 4 is 17.1 Å². The number of aryl methyl sites for hydroxylation is 3. The van der Waals surface area contributed by atoms with Crippen LogP contribution in [-0.2, 0) is 12.8 Å². The molecule has 3 N–H and O–H groups in total. The van der Waals surface area contributed by atoms with Gasteiger partial charge in [-0.05, 0) is 67.1 Å². The standard InChI is InChI=1S/C16H18N2/c1-11-5-7-15(10-16(11)17)18-14-8-6-12-3-2-4-13(12)9-14/h5-10,18H,2-4,17H2,1H3. The van der Waals surface area contributed by atoms with Gasteiger partial charge < -0.3 is 11.1 Å². The smallest absolute Gasteiger partial charge is 0.0405 e. The number of nitrogens with two attached hydrogens (primary N) is 1. The molecule has 18 heavy (non-hydrogen) atoms. The SMILES string of the molecule is Cc1ccc(Nc2ccc3c(c2)CCC3)cc1N. The molecule has 0 aliphatic heterocycles. The van der Waals surface area contributed by atoms with Crippen molar-refractivity contribution in [3.63, 3.8) is 0 Å². The van der Waals surface area contributed by atoms with Crippen LogP contribution in [-0.4, -0.2) is 0 Å². The fourth-order valence-corrected chi connectivity index (χ4v) is 2.53. The number of hydrogen-bond acceptors (Lipinski definition) is 2. The van der Waals surface area contributed by atoms with Crippen LogP contribution in [0.25, 0.3) is 0 Å². The van der Waals surface area contributed by atoms with Gasteiger partial charge in [0.1, 0.15) is 0 Å². The first-order valence-corrected chi connectivity index (χ1v) is 6.47. The Bertz CT molecular complexity index is 588. The van der Waals surface area contributed by atoms with Gasteiger partial charge in [0.15, 0.2) is 0 Å². The number of fused-ring (bicyclic) bond motifs is 1. The normalized spacial score (nSPS) is 13.4. The van der Waals surface area contributed by atoms with Crippen LogP contribution in [0.1, 0.15) is 23.1 Å². The highest BCUT2D eigenvalue weighted by molar-refractivity contribution is 5.66. The first kappa shape index (κ1) is 11.1. The molecular weight excluding hydrogens is 220 g/mol. The van der Waals surface area contributed by atoms with Gasteiger partial charge in [0.2, 0.25) is 0 Å². The van der Waals surface area contributed by atoms with Crippen molar-refractivity contribution < 1.29 is 0 Å². The Morgan fingerprint density at radius 2 is 1.67 bits per heavy atom. The molecule has 0 heterocycles. The van der Waals surface area contributed by atoms with Crippen molar-refractivity contribution in [2.75, 3.05) is 11.1 Å². The van der Waals surface area contributed by atoms with Crippen molar-refractivity contribution in [1.82, 2.24) is 0 Å². The summed E-state index contributed by atoms with van der Waals surface area (Å²) in [4.78, 5) is 0. The fraction of sp³-hybridized carbons (Fsp3) is 0.250. The second-order valence-electron chi connectivity index (χ2n) is 5.03. The van der Waals surface area contributed by atoms with Crippen LogP contribution in [0.15, 0.2) is 36.4 Å². The van der Waals surface area contributed by atoms with Gasteiger partial charge >= 0.3 is 0 Å². The molecule has 92 valence electrons. The summed E-state index contributed by atoms with van der Waals surface area (Å²) in [5, 5.41) is 3.42. The highest BCUT2D eigenvalue weighted by atomic mass is 14.9. The second-order valence-corrected chi connectivity index (χ2v) is 5.03. The van der Waals surface area contributed by atoms with Crippen LogP contribution in [0.3, 0.4) is 0 Å². The van der Waals surface area contributed by atoms with E-state index in [2.05, 4.69) is 29.6 Å². The monoisotopic (exact) mass is 238 g/mol. The molecular formula is C16H18N2. The van der Waals surface area contributed by atoms with E-state index in [1.165, 1.54) is 30.4 Å². The molecule has 2 nitrogen and oxygen atoms in total. The molecule has 3 rings (SSSR count). The van der Waals surface area contributed by atoms with Crippen molar-refractivity contribution in [1.29, 1.82) is 0 Å². The molecule has 0 fully saturated rings. The van der Waals surface area contributed by atoms with Crippen LogP contribution in [0, 0.1) is 6.92 Å². The first-order valence-electron chi connectivity index (χ1n) is 6.47.